The third kappa shape index (κ3) is 4.78. The third-order valence-electron chi connectivity index (χ3n) is 4.94. The Morgan fingerprint density at radius 3 is 2.31 bits per heavy atom. The number of aryl methyl sites for hydroxylation is 1. The summed E-state index contributed by atoms with van der Waals surface area (Å²) in [5.74, 6) is -0.0456. The Kier molecular flexibility index (Phi) is 5.98. The number of carbonyl (C=O) groups excluding carboxylic acids is 2. The number of thiophene rings is 1. The normalized spacial score (nSPS) is 19.9. The fourth-order valence-corrected chi connectivity index (χ4v) is 4.35. The number of hydrogen-bond donors (Lipinski definition) is 0. The first-order chi connectivity index (χ1) is 13.6. The van der Waals surface area contributed by atoms with Gasteiger partial charge in [-0.3, -0.25) is 9.78 Å². The van der Waals surface area contributed by atoms with Crippen molar-refractivity contribution >= 4 is 23.3 Å². The zero-order chi connectivity index (χ0) is 21.3. The molecule has 1 aliphatic heterocycles. The number of amides is 2. The van der Waals surface area contributed by atoms with Gasteiger partial charge < -0.3 is 14.5 Å². The summed E-state index contributed by atoms with van der Waals surface area (Å²) < 4.78 is 5.50. The third-order valence-corrected chi connectivity index (χ3v) is 5.62. The molecule has 2 aromatic heterocycles. The van der Waals surface area contributed by atoms with Gasteiger partial charge in [0, 0.05) is 36.1 Å². The first-order valence-corrected chi connectivity index (χ1v) is 10.8. The molecular formula is C22H29N3O3S. The standard InChI is InChI=1S/C22H29N3O3S/c1-14-11-24(21(27)28-22(4,5)6)12-15(2)25(14)20(26)18-7-8-19(23-16(18)3)17-9-10-29-13-17/h7-10,13-15H,11-12H2,1-6H3. The Bertz CT molecular complexity index is 877. The Morgan fingerprint density at radius 1 is 1.14 bits per heavy atom. The molecule has 2 atom stereocenters. The number of aromatic nitrogens is 1. The van der Waals surface area contributed by atoms with E-state index in [0.29, 0.717) is 24.3 Å². The molecule has 29 heavy (non-hydrogen) atoms. The van der Waals surface area contributed by atoms with Crippen LogP contribution in [0.25, 0.3) is 11.3 Å². The topological polar surface area (TPSA) is 62.7 Å². The Balaban J connectivity index is 1.75. The molecule has 1 saturated heterocycles. The predicted octanol–water partition coefficient (Wildman–Crippen LogP) is 4.59. The first kappa shape index (κ1) is 21.3. The highest BCUT2D eigenvalue weighted by atomic mass is 32.1. The van der Waals surface area contributed by atoms with Gasteiger partial charge in [0.2, 0.25) is 0 Å². The van der Waals surface area contributed by atoms with Crippen LogP contribution >= 0.6 is 11.3 Å². The van der Waals surface area contributed by atoms with Crippen LogP contribution in [0, 0.1) is 6.92 Å². The summed E-state index contributed by atoms with van der Waals surface area (Å²) in [7, 11) is 0. The second-order valence-corrected chi connectivity index (χ2v) is 9.42. The van der Waals surface area contributed by atoms with Crippen molar-refractivity contribution in [3.05, 3.63) is 40.2 Å². The van der Waals surface area contributed by atoms with Crippen LogP contribution in [0.5, 0.6) is 0 Å². The zero-order valence-corrected chi connectivity index (χ0v) is 18.7. The second-order valence-electron chi connectivity index (χ2n) is 8.64. The molecule has 6 nitrogen and oxygen atoms in total. The van der Waals surface area contributed by atoms with Crippen LogP contribution in [0.1, 0.15) is 50.7 Å². The Labute approximate surface area is 176 Å². The Morgan fingerprint density at radius 2 is 1.79 bits per heavy atom. The number of ether oxygens (including phenoxy) is 1. The molecular weight excluding hydrogens is 386 g/mol. The molecule has 1 aliphatic rings. The molecule has 2 unspecified atom stereocenters. The van der Waals surface area contributed by atoms with Crippen molar-refractivity contribution in [2.24, 2.45) is 0 Å². The lowest BCUT2D eigenvalue weighted by molar-refractivity contribution is -0.00491. The van der Waals surface area contributed by atoms with Crippen molar-refractivity contribution in [2.75, 3.05) is 13.1 Å². The number of nitrogens with zero attached hydrogens (tertiary/aromatic N) is 3. The highest BCUT2D eigenvalue weighted by Gasteiger charge is 2.37. The molecule has 156 valence electrons. The van der Waals surface area contributed by atoms with E-state index < -0.39 is 5.60 Å². The van der Waals surface area contributed by atoms with Gasteiger partial charge in [0.15, 0.2) is 0 Å². The quantitative estimate of drug-likeness (QED) is 0.720. The van der Waals surface area contributed by atoms with Crippen LogP contribution in [0.15, 0.2) is 29.0 Å². The minimum Gasteiger partial charge on any atom is -0.444 e. The van der Waals surface area contributed by atoms with E-state index in [0.717, 1.165) is 11.3 Å². The van der Waals surface area contributed by atoms with Gasteiger partial charge in [-0.05, 0) is 65.1 Å². The van der Waals surface area contributed by atoms with Gasteiger partial charge in [0.05, 0.1) is 17.0 Å². The molecule has 7 heteroatoms. The molecule has 3 rings (SSSR count). The van der Waals surface area contributed by atoms with Gasteiger partial charge in [-0.1, -0.05) is 0 Å². The van der Waals surface area contributed by atoms with Crippen LogP contribution < -0.4 is 0 Å². The summed E-state index contributed by atoms with van der Waals surface area (Å²) in [6, 6.07) is 5.55. The molecule has 0 aromatic carbocycles. The molecule has 0 aliphatic carbocycles. The van der Waals surface area contributed by atoms with E-state index >= 15 is 0 Å². The van der Waals surface area contributed by atoms with Crippen molar-refractivity contribution in [3.8, 4) is 11.3 Å². The van der Waals surface area contributed by atoms with Crippen molar-refractivity contribution in [2.45, 2.75) is 59.2 Å². The smallest absolute Gasteiger partial charge is 0.410 e. The molecule has 2 aromatic rings. The number of hydrogen-bond acceptors (Lipinski definition) is 5. The SMILES string of the molecule is Cc1nc(-c2ccsc2)ccc1C(=O)N1C(C)CN(C(=O)OC(C)(C)C)CC1C. The fraction of sp³-hybridized carbons (Fsp3) is 0.500. The largest absolute Gasteiger partial charge is 0.444 e. The monoisotopic (exact) mass is 415 g/mol. The maximum absolute atomic E-state index is 13.3. The van der Waals surface area contributed by atoms with Gasteiger partial charge in [0.1, 0.15) is 5.60 Å². The molecule has 0 N–H and O–H groups in total. The van der Waals surface area contributed by atoms with Gasteiger partial charge in [-0.15, -0.1) is 0 Å². The predicted molar refractivity (Wildman–Crippen MR) is 115 cm³/mol. The Hall–Kier alpha value is -2.41. The molecule has 2 amide bonds. The summed E-state index contributed by atoms with van der Waals surface area (Å²) in [4.78, 5) is 33.9. The van der Waals surface area contributed by atoms with Crippen molar-refractivity contribution in [1.29, 1.82) is 0 Å². The van der Waals surface area contributed by atoms with Crippen molar-refractivity contribution in [1.82, 2.24) is 14.8 Å². The maximum Gasteiger partial charge on any atom is 0.410 e. The number of piperazine rings is 1. The summed E-state index contributed by atoms with van der Waals surface area (Å²) in [6.07, 6.45) is -0.332. The van der Waals surface area contributed by atoms with Crippen LogP contribution in [-0.4, -0.2) is 57.6 Å². The van der Waals surface area contributed by atoms with Crippen LogP contribution in [0.3, 0.4) is 0 Å². The molecule has 0 spiro atoms. The number of pyridine rings is 1. The first-order valence-electron chi connectivity index (χ1n) is 9.87. The summed E-state index contributed by atoms with van der Waals surface area (Å²) >= 11 is 1.62. The lowest BCUT2D eigenvalue weighted by atomic mass is 10.0. The summed E-state index contributed by atoms with van der Waals surface area (Å²) in [5, 5.41) is 4.06. The minimum absolute atomic E-state index is 0.0456. The highest BCUT2D eigenvalue weighted by Crippen LogP contribution is 2.25. The van der Waals surface area contributed by atoms with Crippen molar-refractivity contribution < 1.29 is 14.3 Å². The van der Waals surface area contributed by atoms with Crippen LogP contribution in [0.2, 0.25) is 0 Å². The van der Waals surface area contributed by atoms with Gasteiger partial charge in [0.25, 0.3) is 5.91 Å². The van der Waals surface area contributed by atoms with Crippen molar-refractivity contribution in [3.63, 3.8) is 0 Å². The molecule has 0 saturated carbocycles. The van der Waals surface area contributed by atoms with Gasteiger partial charge >= 0.3 is 6.09 Å². The minimum atomic E-state index is -0.538. The van der Waals surface area contributed by atoms with Gasteiger partial charge in [-0.25, -0.2) is 4.79 Å². The second kappa shape index (κ2) is 8.14. The summed E-state index contributed by atoms with van der Waals surface area (Å²) in [5.41, 5.74) is 2.71. The lowest BCUT2D eigenvalue weighted by Gasteiger charge is -2.44. The van der Waals surface area contributed by atoms with Crippen LogP contribution in [0.4, 0.5) is 4.79 Å². The molecule has 3 heterocycles. The number of rotatable bonds is 2. The van der Waals surface area contributed by atoms with E-state index in [4.69, 9.17) is 4.74 Å². The van der Waals surface area contributed by atoms with E-state index in [1.807, 2.05) is 75.4 Å². The summed E-state index contributed by atoms with van der Waals surface area (Å²) in [6.45, 7) is 12.3. The van der Waals surface area contributed by atoms with Gasteiger partial charge in [-0.2, -0.15) is 11.3 Å². The maximum atomic E-state index is 13.3. The van der Waals surface area contributed by atoms with E-state index in [2.05, 4.69) is 4.98 Å². The molecule has 0 bridgehead atoms. The van der Waals surface area contributed by atoms with E-state index in [1.165, 1.54) is 0 Å². The number of carbonyl (C=O) groups is 2. The van der Waals surface area contributed by atoms with E-state index in [-0.39, 0.29) is 24.1 Å². The average Bonchev–Trinajstić information content (AvgIpc) is 3.14. The highest BCUT2D eigenvalue weighted by molar-refractivity contribution is 7.08. The van der Waals surface area contributed by atoms with E-state index in [1.54, 1.807) is 16.2 Å². The molecule has 0 radical (unpaired) electrons. The van der Waals surface area contributed by atoms with E-state index in [9.17, 15) is 9.59 Å². The fourth-order valence-electron chi connectivity index (χ4n) is 3.70. The molecule has 1 fully saturated rings. The zero-order valence-electron chi connectivity index (χ0n) is 17.9. The van der Waals surface area contributed by atoms with Crippen LogP contribution in [-0.2, 0) is 4.74 Å². The average molecular weight is 416 g/mol. The lowest BCUT2D eigenvalue weighted by Crippen LogP contribution is -2.60.